The molecular weight excluding hydrogens is 300 g/mol. The van der Waals surface area contributed by atoms with Gasteiger partial charge in [-0.2, -0.15) is 5.10 Å². The lowest BCUT2D eigenvalue weighted by atomic mass is 9.86. The molecule has 1 aromatic heterocycles. The maximum absolute atomic E-state index is 6.39. The standard InChI is InChI=1S/C13H20BrClN2/c1-3-11-13(15)12(17(2)16-11)8-9-5-4-6-10(14)7-9/h9-10H,3-8H2,1-2H3. The summed E-state index contributed by atoms with van der Waals surface area (Å²) in [5.74, 6) is 0.755. The lowest BCUT2D eigenvalue weighted by molar-refractivity contribution is 0.361. The highest BCUT2D eigenvalue weighted by Crippen LogP contribution is 2.33. The van der Waals surface area contributed by atoms with Crippen LogP contribution in [0.25, 0.3) is 0 Å². The maximum Gasteiger partial charge on any atom is 0.0849 e. The first-order valence-electron chi connectivity index (χ1n) is 6.46. The smallest absolute Gasteiger partial charge is 0.0849 e. The number of rotatable bonds is 3. The Hall–Kier alpha value is -0.0200. The van der Waals surface area contributed by atoms with Crippen LogP contribution in [0.15, 0.2) is 0 Å². The van der Waals surface area contributed by atoms with E-state index in [4.69, 9.17) is 11.6 Å². The Kier molecular flexibility index (Phi) is 4.53. The molecule has 96 valence electrons. The van der Waals surface area contributed by atoms with Gasteiger partial charge in [0.15, 0.2) is 0 Å². The van der Waals surface area contributed by atoms with Crippen LogP contribution in [-0.4, -0.2) is 14.6 Å². The second-order valence-corrected chi connectivity index (χ2v) is 6.69. The summed E-state index contributed by atoms with van der Waals surface area (Å²) in [6.07, 6.45) is 7.23. The molecule has 1 fully saturated rings. The lowest BCUT2D eigenvalue weighted by Gasteiger charge is -2.25. The van der Waals surface area contributed by atoms with Crippen LogP contribution in [0.5, 0.6) is 0 Å². The maximum atomic E-state index is 6.39. The van der Waals surface area contributed by atoms with Crippen molar-refractivity contribution in [2.75, 3.05) is 0 Å². The first kappa shape index (κ1) is 13.4. The van der Waals surface area contributed by atoms with Gasteiger partial charge in [0, 0.05) is 11.9 Å². The van der Waals surface area contributed by atoms with Crippen LogP contribution < -0.4 is 0 Å². The molecule has 0 aliphatic heterocycles. The molecule has 0 N–H and O–H groups in total. The minimum atomic E-state index is 0.693. The van der Waals surface area contributed by atoms with Crippen LogP contribution >= 0.6 is 27.5 Å². The van der Waals surface area contributed by atoms with Crippen LogP contribution in [0.2, 0.25) is 5.02 Å². The van der Waals surface area contributed by atoms with E-state index in [0.717, 1.165) is 29.5 Å². The van der Waals surface area contributed by atoms with Crippen LogP contribution in [-0.2, 0) is 19.9 Å². The van der Waals surface area contributed by atoms with Gasteiger partial charge in [-0.1, -0.05) is 40.9 Å². The van der Waals surface area contributed by atoms with Gasteiger partial charge in [0.2, 0.25) is 0 Å². The summed E-state index contributed by atoms with van der Waals surface area (Å²) >= 11 is 10.1. The largest absolute Gasteiger partial charge is 0.271 e. The van der Waals surface area contributed by atoms with Gasteiger partial charge in [-0.15, -0.1) is 0 Å². The molecule has 2 nitrogen and oxygen atoms in total. The molecule has 1 aliphatic carbocycles. The van der Waals surface area contributed by atoms with E-state index in [-0.39, 0.29) is 0 Å². The molecule has 0 saturated heterocycles. The van der Waals surface area contributed by atoms with Gasteiger partial charge < -0.3 is 0 Å². The van der Waals surface area contributed by atoms with Crippen LogP contribution in [0.3, 0.4) is 0 Å². The number of nitrogens with zero attached hydrogens (tertiary/aromatic N) is 2. The van der Waals surface area contributed by atoms with Gasteiger partial charge in [0.1, 0.15) is 0 Å². The fraction of sp³-hybridized carbons (Fsp3) is 0.769. The highest BCUT2D eigenvalue weighted by molar-refractivity contribution is 9.09. The highest BCUT2D eigenvalue weighted by Gasteiger charge is 2.23. The average molecular weight is 320 g/mol. The summed E-state index contributed by atoms with van der Waals surface area (Å²) in [5.41, 5.74) is 2.26. The normalized spacial score (nSPS) is 25.2. The van der Waals surface area contributed by atoms with Crippen molar-refractivity contribution in [2.24, 2.45) is 13.0 Å². The molecule has 1 saturated carbocycles. The molecule has 0 spiro atoms. The Labute approximate surface area is 117 Å². The number of aromatic nitrogens is 2. The Morgan fingerprint density at radius 2 is 2.24 bits per heavy atom. The summed E-state index contributed by atoms with van der Waals surface area (Å²) in [7, 11) is 2.01. The van der Waals surface area contributed by atoms with E-state index in [1.807, 2.05) is 11.7 Å². The fourth-order valence-electron chi connectivity index (χ4n) is 2.73. The summed E-state index contributed by atoms with van der Waals surface area (Å²) in [5, 5.41) is 5.38. The van der Waals surface area contributed by atoms with E-state index in [0.29, 0.717) is 4.83 Å². The third-order valence-electron chi connectivity index (χ3n) is 3.70. The Morgan fingerprint density at radius 3 is 2.82 bits per heavy atom. The molecule has 1 heterocycles. The second-order valence-electron chi connectivity index (χ2n) is 5.02. The van der Waals surface area contributed by atoms with Crippen LogP contribution in [0.1, 0.15) is 44.0 Å². The molecule has 0 bridgehead atoms. The molecular formula is C13H20BrClN2. The van der Waals surface area contributed by atoms with Crippen molar-refractivity contribution in [3.8, 4) is 0 Å². The molecule has 2 atom stereocenters. The number of aryl methyl sites for hydroxylation is 2. The topological polar surface area (TPSA) is 17.8 Å². The fourth-order valence-corrected chi connectivity index (χ4v) is 3.95. The van der Waals surface area contributed by atoms with Crippen molar-refractivity contribution in [1.82, 2.24) is 9.78 Å². The third kappa shape index (κ3) is 3.05. The number of hydrogen-bond acceptors (Lipinski definition) is 1. The van der Waals surface area contributed by atoms with E-state index in [2.05, 4.69) is 28.0 Å². The second kappa shape index (κ2) is 5.75. The average Bonchev–Trinajstić information content (AvgIpc) is 2.56. The Bertz CT molecular complexity index is 389. The van der Waals surface area contributed by atoms with Gasteiger partial charge >= 0.3 is 0 Å². The SMILES string of the molecule is CCc1nn(C)c(CC2CCCC(Br)C2)c1Cl. The van der Waals surface area contributed by atoms with Crippen molar-refractivity contribution >= 4 is 27.5 Å². The van der Waals surface area contributed by atoms with Gasteiger partial charge in [-0.25, -0.2) is 0 Å². The first-order chi connectivity index (χ1) is 8.11. The van der Waals surface area contributed by atoms with Gasteiger partial charge in [0.05, 0.1) is 16.4 Å². The zero-order valence-corrected chi connectivity index (χ0v) is 12.9. The Morgan fingerprint density at radius 1 is 1.47 bits per heavy atom. The minimum absolute atomic E-state index is 0.693. The van der Waals surface area contributed by atoms with Crippen molar-refractivity contribution in [2.45, 2.75) is 50.3 Å². The van der Waals surface area contributed by atoms with Crippen LogP contribution in [0, 0.1) is 5.92 Å². The van der Waals surface area contributed by atoms with E-state index >= 15 is 0 Å². The van der Waals surface area contributed by atoms with E-state index < -0.39 is 0 Å². The minimum Gasteiger partial charge on any atom is -0.271 e. The van der Waals surface area contributed by atoms with Crippen molar-refractivity contribution in [3.63, 3.8) is 0 Å². The first-order valence-corrected chi connectivity index (χ1v) is 7.75. The number of hydrogen-bond donors (Lipinski definition) is 0. The van der Waals surface area contributed by atoms with Gasteiger partial charge in [-0.05, 0) is 38.0 Å². The van der Waals surface area contributed by atoms with Gasteiger partial charge in [-0.3, -0.25) is 4.68 Å². The molecule has 17 heavy (non-hydrogen) atoms. The van der Waals surface area contributed by atoms with Crippen molar-refractivity contribution in [3.05, 3.63) is 16.4 Å². The summed E-state index contributed by atoms with van der Waals surface area (Å²) in [6.45, 7) is 2.10. The quantitative estimate of drug-likeness (QED) is 0.766. The Balaban J connectivity index is 2.10. The molecule has 0 radical (unpaired) electrons. The summed E-state index contributed by atoms with van der Waals surface area (Å²) < 4.78 is 1.97. The van der Waals surface area contributed by atoms with E-state index in [1.54, 1.807) is 0 Å². The van der Waals surface area contributed by atoms with E-state index in [1.165, 1.54) is 31.4 Å². The molecule has 0 aromatic carbocycles. The summed E-state index contributed by atoms with van der Waals surface area (Å²) in [6, 6.07) is 0. The number of halogens is 2. The number of alkyl halides is 1. The lowest BCUT2D eigenvalue weighted by Crippen LogP contribution is -2.18. The predicted octanol–water partition coefficient (Wildman–Crippen LogP) is 4.13. The summed E-state index contributed by atoms with van der Waals surface area (Å²) in [4.78, 5) is 0.693. The molecule has 2 unspecified atom stereocenters. The zero-order valence-electron chi connectivity index (χ0n) is 10.5. The molecule has 0 amide bonds. The molecule has 4 heteroatoms. The molecule has 1 aliphatic rings. The predicted molar refractivity (Wildman–Crippen MR) is 76.0 cm³/mol. The monoisotopic (exact) mass is 318 g/mol. The van der Waals surface area contributed by atoms with Crippen LogP contribution in [0.4, 0.5) is 0 Å². The zero-order chi connectivity index (χ0) is 12.4. The van der Waals surface area contributed by atoms with E-state index in [9.17, 15) is 0 Å². The third-order valence-corrected chi connectivity index (χ3v) is 4.97. The highest BCUT2D eigenvalue weighted by atomic mass is 79.9. The van der Waals surface area contributed by atoms with Crippen molar-refractivity contribution < 1.29 is 0 Å². The van der Waals surface area contributed by atoms with Gasteiger partial charge in [0.25, 0.3) is 0 Å². The molecule has 1 aromatic rings. The van der Waals surface area contributed by atoms with Crippen molar-refractivity contribution in [1.29, 1.82) is 0 Å². The molecule has 2 rings (SSSR count).